The van der Waals surface area contributed by atoms with Crippen molar-refractivity contribution in [1.82, 2.24) is 24.7 Å². The minimum Gasteiger partial charge on any atom is -0.344 e. The lowest BCUT2D eigenvalue weighted by Gasteiger charge is -2.33. The highest BCUT2D eigenvalue weighted by atomic mass is 15.3. The first-order valence-electron chi connectivity index (χ1n) is 10.0. The fraction of sp³-hybridized carbons (Fsp3) is 0.842. The summed E-state index contributed by atoms with van der Waals surface area (Å²) in [6.07, 6.45) is 8.93. The summed E-state index contributed by atoms with van der Waals surface area (Å²) in [6, 6.07) is 0.545. The van der Waals surface area contributed by atoms with Gasteiger partial charge in [-0.1, -0.05) is 0 Å². The van der Waals surface area contributed by atoms with Gasteiger partial charge < -0.3 is 14.8 Å². The second-order valence-electron chi connectivity index (χ2n) is 7.95. The molecule has 1 aromatic heterocycles. The molecule has 0 aromatic carbocycles. The highest BCUT2D eigenvalue weighted by molar-refractivity contribution is 5.19. The van der Waals surface area contributed by atoms with E-state index in [1.165, 1.54) is 108 Å². The first-order valence-corrected chi connectivity index (χ1v) is 10.0. The lowest BCUT2D eigenvalue weighted by atomic mass is 10.0. The van der Waals surface area contributed by atoms with Crippen LogP contribution in [0.15, 0.2) is 0 Å². The maximum Gasteiger partial charge on any atom is 0.124 e. The maximum atomic E-state index is 4.98. The molecule has 1 N–H and O–H groups in total. The lowest BCUT2D eigenvalue weighted by molar-refractivity contribution is 0.144. The molecule has 5 heteroatoms. The van der Waals surface area contributed by atoms with Crippen molar-refractivity contribution >= 4 is 0 Å². The van der Waals surface area contributed by atoms with Crippen LogP contribution in [0.5, 0.6) is 0 Å². The molecular weight excluding hydrogens is 298 g/mol. The molecule has 0 unspecified atom stereocenters. The minimum atomic E-state index is 0.545. The van der Waals surface area contributed by atoms with Crippen LogP contribution in [-0.2, 0) is 12.8 Å². The Morgan fingerprint density at radius 2 is 1.83 bits per heavy atom. The Labute approximate surface area is 146 Å². The van der Waals surface area contributed by atoms with Crippen LogP contribution < -0.4 is 0 Å². The number of likely N-dealkylation sites (N-methyl/N-ethyl adjacent to an activating group) is 1. The molecule has 2 fully saturated rings. The highest BCUT2D eigenvalue weighted by Crippen LogP contribution is 2.32. The van der Waals surface area contributed by atoms with Crippen molar-refractivity contribution < 1.29 is 0 Å². The zero-order valence-electron chi connectivity index (χ0n) is 15.3. The molecule has 3 heterocycles. The summed E-state index contributed by atoms with van der Waals surface area (Å²) in [4.78, 5) is 16.4. The molecule has 2 aliphatic heterocycles. The van der Waals surface area contributed by atoms with Gasteiger partial charge in [0.1, 0.15) is 5.82 Å². The van der Waals surface area contributed by atoms with Crippen LogP contribution in [0.1, 0.15) is 55.4 Å². The van der Waals surface area contributed by atoms with Crippen LogP contribution in [0.2, 0.25) is 0 Å². The van der Waals surface area contributed by atoms with Gasteiger partial charge in [-0.15, -0.1) is 0 Å². The average molecular weight is 332 g/mol. The molecule has 1 atom stereocenters. The zero-order chi connectivity index (χ0) is 16.4. The van der Waals surface area contributed by atoms with E-state index in [4.69, 9.17) is 4.98 Å². The zero-order valence-corrected chi connectivity index (χ0v) is 15.3. The van der Waals surface area contributed by atoms with Crippen molar-refractivity contribution in [2.24, 2.45) is 0 Å². The molecule has 134 valence electrons. The van der Waals surface area contributed by atoms with Gasteiger partial charge in [-0.3, -0.25) is 4.90 Å². The third kappa shape index (κ3) is 3.68. The summed E-state index contributed by atoms with van der Waals surface area (Å²) in [6.45, 7) is 8.66. The van der Waals surface area contributed by atoms with Gasteiger partial charge in [-0.25, -0.2) is 4.98 Å². The summed E-state index contributed by atoms with van der Waals surface area (Å²) in [5, 5.41) is 0. The van der Waals surface area contributed by atoms with Crippen LogP contribution in [0, 0.1) is 0 Å². The number of imidazole rings is 1. The van der Waals surface area contributed by atoms with Crippen molar-refractivity contribution in [3.63, 3.8) is 0 Å². The van der Waals surface area contributed by atoms with E-state index in [2.05, 4.69) is 26.7 Å². The van der Waals surface area contributed by atoms with E-state index in [0.717, 1.165) is 0 Å². The Bertz CT molecular complexity index is 508. The van der Waals surface area contributed by atoms with Gasteiger partial charge in [0, 0.05) is 38.4 Å². The number of nitrogens with one attached hydrogen (secondary N) is 1. The van der Waals surface area contributed by atoms with E-state index in [0.29, 0.717) is 6.04 Å². The molecule has 1 aromatic rings. The summed E-state index contributed by atoms with van der Waals surface area (Å²) in [5.41, 5.74) is 2.79. The molecule has 0 radical (unpaired) electrons. The standard InChI is InChI=1S/C19H33N5/c1-22-12-14-23(15-13-22)9-5-11-24-10-4-8-18(24)19-20-16-6-2-3-7-17(16)21-19/h18H,2-15H2,1H3,(H,20,21)/t18-/m1/s1. The third-order valence-electron chi connectivity index (χ3n) is 6.17. The number of piperazine rings is 1. The van der Waals surface area contributed by atoms with Gasteiger partial charge in [0.15, 0.2) is 0 Å². The Morgan fingerprint density at radius 1 is 1.00 bits per heavy atom. The predicted molar refractivity (Wildman–Crippen MR) is 97.3 cm³/mol. The highest BCUT2D eigenvalue weighted by Gasteiger charge is 2.29. The van der Waals surface area contributed by atoms with Crippen LogP contribution in [0.4, 0.5) is 0 Å². The van der Waals surface area contributed by atoms with E-state index in [1.807, 2.05) is 0 Å². The number of nitrogens with zero attached hydrogens (tertiary/aromatic N) is 4. The van der Waals surface area contributed by atoms with Gasteiger partial charge in [-0.05, 0) is 65.1 Å². The number of rotatable bonds is 5. The Hall–Kier alpha value is -0.910. The molecule has 0 amide bonds. The SMILES string of the molecule is CN1CCN(CCCN2CCC[C@@H]2c2nc3c([nH]2)CCCC3)CC1. The fourth-order valence-corrected chi connectivity index (χ4v) is 4.61. The van der Waals surface area contributed by atoms with E-state index in [-0.39, 0.29) is 0 Å². The predicted octanol–water partition coefficient (Wildman–Crippen LogP) is 2.06. The van der Waals surface area contributed by atoms with Crippen LogP contribution in [0.3, 0.4) is 0 Å². The molecule has 1 aliphatic carbocycles. The smallest absolute Gasteiger partial charge is 0.124 e. The number of aromatic nitrogens is 2. The molecule has 4 rings (SSSR count). The van der Waals surface area contributed by atoms with Gasteiger partial charge in [0.05, 0.1) is 11.7 Å². The van der Waals surface area contributed by atoms with Crippen molar-refractivity contribution in [1.29, 1.82) is 0 Å². The number of aryl methyl sites for hydroxylation is 2. The van der Waals surface area contributed by atoms with Crippen LogP contribution in [0.25, 0.3) is 0 Å². The monoisotopic (exact) mass is 331 g/mol. The van der Waals surface area contributed by atoms with Gasteiger partial charge in [0.2, 0.25) is 0 Å². The number of hydrogen-bond donors (Lipinski definition) is 1. The molecule has 24 heavy (non-hydrogen) atoms. The fourth-order valence-electron chi connectivity index (χ4n) is 4.61. The molecule has 5 nitrogen and oxygen atoms in total. The molecule has 2 saturated heterocycles. The number of hydrogen-bond acceptors (Lipinski definition) is 4. The Balaban J connectivity index is 1.29. The first kappa shape index (κ1) is 16.6. The van der Waals surface area contributed by atoms with Gasteiger partial charge >= 0.3 is 0 Å². The van der Waals surface area contributed by atoms with Crippen LogP contribution >= 0.6 is 0 Å². The van der Waals surface area contributed by atoms with Gasteiger partial charge in [-0.2, -0.15) is 0 Å². The van der Waals surface area contributed by atoms with E-state index in [9.17, 15) is 0 Å². The number of aromatic amines is 1. The number of likely N-dealkylation sites (tertiary alicyclic amines) is 1. The van der Waals surface area contributed by atoms with Crippen molar-refractivity contribution in [3.05, 3.63) is 17.2 Å². The summed E-state index contributed by atoms with van der Waals surface area (Å²) < 4.78 is 0. The minimum absolute atomic E-state index is 0.545. The van der Waals surface area contributed by atoms with E-state index in [1.54, 1.807) is 0 Å². The summed E-state index contributed by atoms with van der Waals surface area (Å²) >= 11 is 0. The largest absolute Gasteiger partial charge is 0.344 e. The Morgan fingerprint density at radius 3 is 2.67 bits per heavy atom. The molecule has 0 saturated carbocycles. The third-order valence-corrected chi connectivity index (χ3v) is 6.17. The molecule has 0 spiro atoms. The molecular formula is C19H33N5. The summed E-state index contributed by atoms with van der Waals surface area (Å²) in [7, 11) is 2.23. The van der Waals surface area contributed by atoms with Crippen molar-refractivity contribution in [2.75, 3.05) is 52.9 Å². The second kappa shape index (κ2) is 7.54. The van der Waals surface area contributed by atoms with Gasteiger partial charge in [0.25, 0.3) is 0 Å². The maximum absolute atomic E-state index is 4.98. The van der Waals surface area contributed by atoms with Crippen molar-refractivity contribution in [3.8, 4) is 0 Å². The van der Waals surface area contributed by atoms with E-state index < -0.39 is 0 Å². The number of fused-ring (bicyclic) bond motifs is 1. The Kier molecular flexibility index (Phi) is 5.20. The summed E-state index contributed by atoms with van der Waals surface area (Å²) in [5.74, 6) is 1.26. The molecule has 3 aliphatic rings. The van der Waals surface area contributed by atoms with E-state index >= 15 is 0 Å². The number of H-pyrrole nitrogens is 1. The topological polar surface area (TPSA) is 38.4 Å². The lowest BCUT2D eigenvalue weighted by Crippen LogP contribution is -2.45. The average Bonchev–Trinajstić information content (AvgIpc) is 3.22. The first-order chi connectivity index (χ1) is 11.8. The van der Waals surface area contributed by atoms with Crippen LogP contribution in [-0.4, -0.2) is 77.5 Å². The normalized spacial score (nSPS) is 26.8. The molecule has 0 bridgehead atoms. The quantitative estimate of drug-likeness (QED) is 0.896. The van der Waals surface area contributed by atoms with Crippen molar-refractivity contribution in [2.45, 2.75) is 51.0 Å². The second-order valence-corrected chi connectivity index (χ2v) is 7.95.